The maximum atomic E-state index is 7.49. The molecule has 25 heavy (non-hydrogen) atoms. The number of rotatable bonds is 4. The van der Waals surface area contributed by atoms with E-state index in [4.69, 9.17) is 26.8 Å². The van der Waals surface area contributed by atoms with E-state index in [-0.39, 0.29) is 36.5 Å². The highest BCUT2D eigenvalue weighted by Crippen LogP contribution is 2.26. The van der Waals surface area contributed by atoms with Crippen LogP contribution in [0.15, 0.2) is 53.3 Å². The molecule has 0 bridgehead atoms. The zero-order valence-electron chi connectivity index (χ0n) is 12.9. The van der Waals surface area contributed by atoms with Crippen molar-refractivity contribution in [3.63, 3.8) is 0 Å². The van der Waals surface area contributed by atoms with Gasteiger partial charge in [0.15, 0.2) is 5.76 Å². The van der Waals surface area contributed by atoms with E-state index >= 15 is 0 Å². The molecule has 6 N–H and O–H groups in total. The molecule has 1 aromatic carbocycles. The van der Waals surface area contributed by atoms with Crippen LogP contribution in [0, 0.1) is 10.8 Å². The molecule has 0 amide bonds. The van der Waals surface area contributed by atoms with E-state index in [0.717, 1.165) is 5.56 Å². The Morgan fingerprint density at radius 3 is 2.24 bits per heavy atom. The molecule has 0 atom stereocenters. The second-order valence-electron chi connectivity index (χ2n) is 4.95. The summed E-state index contributed by atoms with van der Waals surface area (Å²) >= 11 is 0. The molecule has 0 saturated carbocycles. The average Bonchev–Trinajstić information content (AvgIpc) is 3.05. The highest BCUT2D eigenvalue weighted by molar-refractivity contribution is 5.96. The molecule has 2 heterocycles. The molecule has 9 heteroatoms. The van der Waals surface area contributed by atoms with Crippen LogP contribution in [-0.2, 0) is 0 Å². The SMILES string of the molecule is Cl.Cl.N=C(N)c1cccc(-c2cc(-c3cncc(C(=N)N)c3)on2)c1. The minimum absolute atomic E-state index is 0. The lowest BCUT2D eigenvalue weighted by Crippen LogP contribution is -2.11. The smallest absolute Gasteiger partial charge is 0.169 e. The Morgan fingerprint density at radius 2 is 1.56 bits per heavy atom. The summed E-state index contributed by atoms with van der Waals surface area (Å²) in [6.07, 6.45) is 3.13. The summed E-state index contributed by atoms with van der Waals surface area (Å²) in [5.74, 6) is 0.450. The van der Waals surface area contributed by atoms with Crippen molar-refractivity contribution in [2.75, 3.05) is 0 Å². The number of nitrogens with one attached hydrogen (secondary N) is 2. The van der Waals surface area contributed by atoms with E-state index < -0.39 is 0 Å². The maximum absolute atomic E-state index is 7.49. The third-order valence-electron chi connectivity index (χ3n) is 3.31. The molecule has 0 aliphatic carbocycles. The number of pyridine rings is 1. The molecule has 0 unspecified atom stereocenters. The van der Waals surface area contributed by atoms with Crippen molar-refractivity contribution in [2.45, 2.75) is 0 Å². The van der Waals surface area contributed by atoms with Gasteiger partial charge in [0.1, 0.15) is 17.4 Å². The lowest BCUT2D eigenvalue weighted by atomic mass is 10.1. The Hall–Kier alpha value is -2.90. The number of nitrogens with zero attached hydrogens (tertiary/aromatic N) is 2. The van der Waals surface area contributed by atoms with Crippen molar-refractivity contribution in [3.05, 3.63) is 59.9 Å². The van der Waals surface area contributed by atoms with E-state index in [1.54, 1.807) is 36.5 Å². The van der Waals surface area contributed by atoms with Gasteiger partial charge in [-0.3, -0.25) is 15.8 Å². The summed E-state index contributed by atoms with van der Waals surface area (Å²) < 4.78 is 5.35. The summed E-state index contributed by atoms with van der Waals surface area (Å²) in [5.41, 5.74) is 14.2. The summed E-state index contributed by atoms with van der Waals surface area (Å²) in [6, 6.07) is 10.7. The average molecular weight is 379 g/mol. The molecular weight excluding hydrogens is 363 g/mol. The van der Waals surface area contributed by atoms with E-state index in [0.29, 0.717) is 28.1 Å². The highest BCUT2D eigenvalue weighted by Gasteiger charge is 2.11. The van der Waals surface area contributed by atoms with Crippen LogP contribution in [0.25, 0.3) is 22.6 Å². The number of hydrogen-bond acceptors (Lipinski definition) is 5. The molecular formula is C16H16Cl2N6O. The van der Waals surface area contributed by atoms with Crippen LogP contribution in [-0.4, -0.2) is 21.8 Å². The van der Waals surface area contributed by atoms with E-state index in [1.165, 1.54) is 6.20 Å². The van der Waals surface area contributed by atoms with Gasteiger partial charge in [-0.25, -0.2) is 0 Å². The molecule has 0 spiro atoms. The second-order valence-corrected chi connectivity index (χ2v) is 4.95. The fraction of sp³-hybridized carbons (Fsp3) is 0. The normalized spacial score (nSPS) is 9.60. The maximum Gasteiger partial charge on any atom is 0.169 e. The van der Waals surface area contributed by atoms with Crippen LogP contribution in [0.1, 0.15) is 11.1 Å². The zero-order valence-corrected chi connectivity index (χ0v) is 14.5. The Morgan fingerprint density at radius 1 is 0.880 bits per heavy atom. The fourth-order valence-electron chi connectivity index (χ4n) is 2.12. The van der Waals surface area contributed by atoms with Gasteiger partial charge in [0.2, 0.25) is 0 Å². The second kappa shape index (κ2) is 8.27. The van der Waals surface area contributed by atoms with Crippen molar-refractivity contribution >= 4 is 36.5 Å². The number of nitrogens with two attached hydrogens (primary N) is 2. The first-order valence-electron chi connectivity index (χ1n) is 6.76. The molecule has 2 aromatic heterocycles. The van der Waals surface area contributed by atoms with E-state index in [2.05, 4.69) is 10.1 Å². The molecule has 0 fully saturated rings. The lowest BCUT2D eigenvalue weighted by molar-refractivity contribution is 0.435. The first-order chi connectivity index (χ1) is 11.0. The molecule has 7 nitrogen and oxygen atoms in total. The van der Waals surface area contributed by atoms with Crippen molar-refractivity contribution in [2.24, 2.45) is 11.5 Å². The fourth-order valence-corrected chi connectivity index (χ4v) is 2.12. The predicted octanol–water partition coefficient (Wildman–Crippen LogP) is 2.82. The number of benzene rings is 1. The molecule has 3 rings (SSSR count). The minimum atomic E-state index is -0.0618. The standard InChI is InChI=1S/C16H14N6O.2ClH/c17-15(18)10-3-1-2-9(4-10)13-6-14(23-22-13)11-5-12(16(19)20)8-21-7-11;;/h1-8H,(H3,17,18)(H3,19,20);2*1H. The molecule has 3 aromatic rings. The first kappa shape index (κ1) is 20.1. The van der Waals surface area contributed by atoms with E-state index in [1.807, 2.05) is 6.07 Å². The number of hydrogen-bond donors (Lipinski definition) is 4. The van der Waals surface area contributed by atoms with E-state index in [9.17, 15) is 0 Å². The van der Waals surface area contributed by atoms with Gasteiger partial charge in [-0.1, -0.05) is 23.4 Å². The van der Waals surface area contributed by atoms with Crippen molar-refractivity contribution < 1.29 is 4.52 Å². The van der Waals surface area contributed by atoms with Crippen molar-refractivity contribution in [1.82, 2.24) is 10.1 Å². The van der Waals surface area contributed by atoms with Gasteiger partial charge in [-0.05, 0) is 12.1 Å². The van der Waals surface area contributed by atoms with Gasteiger partial charge >= 0.3 is 0 Å². The minimum Gasteiger partial charge on any atom is -0.384 e. The number of aromatic nitrogens is 2. The van der Waals surface area contributed by atoms with Crippen LogP contribution in [0.4, 0.5) is 0 Å². The molecule has 0 aliphatic heterocycles. The van der Waals surface area contributed by atoms with Crippen molar-refractivity contribution in [3.8, 4) is 22.6 Å². The summed E-state index contributed by atoms with van der Waals surface area (Å²) in [7, 11) is 0. The van der Waals surface area contributed by atoms with Crippen LogP contribution in [0.5, 0.6) is 0 Å². The summed E-state index contributed by atoms with van der Waals surface area (Å²) in [6.45, 7) is 0. The lowest BCUT2D eigenvalue weighted by Gasteiger charge is -2.00. The molecule has 0 saturated heterocycles. The van der Waals surface area contributed by atoms with Crippen LogP contribution in [0.2, 0.25) is 0 Å². The zero-order chi connectivity index (χ0) is 16.4. The van der Waals surface area contributed by atoms with Gasteiger partial charge in [0, 0.05) is 40.7 Å². The Kier molecular flexibility index (Phi) is 6.67. The van der Waals surface area contributed by atoms with Gasteiger partial charge in [-0.15, -0.1) is 24.8 Å². The largest absolute Gasteiger partial charge is 0.384 e. The third kappa shape index (κ3) is 4.34. The number of amidine groups is 2. The number of nitrogen functional groups attached to an aromatic ring is 2. The van der Waals surface area contributed by atoms with Gasteiger partial charge in [-0.2, -0.15) is 0 Å². The Labute approximate surface area is 156 Å². The van der Waals surface area contributed by atoms with Gasteiger partial charge < -0.3 is 16.0 Å². The Bertz CT molecular complexity index is 837. The predicted molar refractivity (Wildman–Crippen MR) is 102 cm³/mol. The molecule has 0 radical (unpaired) electrons. The van der Waals surface area contributed by atoms with Crippen LogP contribution >= 0.6 is 24.8 Å². The van der Waals surface area contributed by atoms with Gasteiger partial charge in [0.05, 0.1) is 0 Å². The molecule has 130 valence electrons. The third-order valence-corrected chi connectivity index (χ3v) is 3.31. The van der Waals surface area contributed by atoms with Crippen LogP contribution < -0.4 is 11.5 Å². The summed E-state index contributed by atoms with van der Waals surface area (Å²) in [4.78, 5) is 4.05. The topological polar surface area (TPSA) is 139 Å². The van der Waals surface area contributed by atoms with Crippen molar-refractivity contribution in [1.29, 1.82) is 10.8 Å². The Balaban J connectivity index is 0.00000156. The summed E-state index contributed by atoms with van der Waals surface area (Å²) in [5, 5.41) is 19.0. The van der Waals surface area contributed by atoms with Gasteiger partial charge in [0.25, 0.3) is 0 Å². The first-order valence-corrected chi connectivity index (χ1v) is 6.76. The highest BCUT2D eigenvalue weighted by atomic mass is 35.5. The number of halogens is 2. The van der Waals surface area contributed by atoms with Crippen LogP contribution in [0.3, 0.4) is 0 Å². The quantitative estimate of drug-likeness (QED) is 0.408. The molecule has 0 aliphatic rings. The monoisotopic (exact) mass is 378 g/mol.